The minimum Gasteiger partial charge on any atom is -0.494 e. The molecular weight excluding hydrogens is 319 g/mol. The van der Waals surface area contributed by atoms with Crippen molar-refractivity contribution < 1.29 is 17.9 Å². The molecule has 2 N–H and O–H groups in total. The topological polar surface area (TPSA) is 45.6 Å². The fourth-order valence-electron chi connectivity index (χ4n) is 2.15. The number of aliphatic imine (C=N–C) groups is 1. The van der Waals surface area contributed by atoms with Crippen LogP contribution in [0.5, 0.6) is 5.75 Å². The molecule has 0 heterocycles. The maximum absolute atomic E-state index is 12.1. The number of nitrogens with one attached hydrogen (secondary N) is 2. The Balaban J connectivity index is 2.42. The lowest BCUT2D eigenvalue weighted by molar-refractivity contribution is -0.135. The number of benzene rings is 1. The van der Waals surface area contributed by atoms with E-state index < -0.39 is 12.6 Å². The number of halogens is 3. The van der Waals surface area contributed by atoms with Crippen molar-refractivity contribution >= 4 is 5.96 Å². The van der Waals surface area contributed by atoms with Gasteiger partial charge in [-0.25, -0.2) is 0 Å². The smallest absolute Gasteiger partial charge is 0.389 e. The van der Waals surface area contributed by atoms with Crippen LogP contribution in [0.4, 0.5) is 13.2 Å². The first-order chi connectivity index (χ1) is 11.4. The summed E-state index contributed by atoms with van der Waals surface area (Å²) in [5.41, 5.74) is 2.12. The average molecular weight is 345 g/mol. The fraction of sp³-hybridized carbons (Fsp3) is 0.588. The van der Waals surface area contributed by atoms with Gasteiger partial charge in [0.15, 0.2) is 5.96 Å². The van der Waals surface area contributed by atoms with Gasteiger partial charge >= 0.3 is 6.18 Å². The second kappa shape index (κ2) is 10.1. The molecule has 0 aliphatic carbocycles. The van der Waals surface area contributed by atoms with Crippen LogP contribution in [0.3, 0.4) is 0 Å². The Kier molecular flexibility index (Phi) is 8.43. The summed E-state index contributed by atoms with van der Waals surface area (Å²) >= 11 is 0. The third-order valence-electron chi connectivity index (χ3n) is 3.37. The molecule has 0 aromatic heterocycles. The van der Waals surface area contributed by atoms with Gasteiger partial charge in [-0.3, -0.25) is 4.99 Å². The summed E-state index contributed by atoms with van der Waals surface area (Å²) in [6, 6.07) is 5.98. The molecule has 0 fully saturated rings. The van der Waals surface area contributed by atoms with E-state index in [2.05, 4.69) is 15.6 Å². The molecule has 0 saturated carbocycles. The molecule has 1 aromatic carbocycles. The van der Waals surface area contributed by atoms with Gasteiger partial charge in [-0.1, -0.05) is 12.1 Å². The van der Waals surface area contributed by atoms with Crippen molar-refractivity contribution in [2.45, 2.75) is 45.8 Å². The van der Waals surface area contributed by atoms with Gasteiger partial charge in [0.2, 0.25) is 0 Å². The molecule has 24 heavy (non-hydrogen) atoms. The Morgan fingerprint density at radius 3 is 2.58 bits per heavy atom. The number of hydrogen-bond donors (Lipinski definition) is 2. The van der Waals surface area contributed by atoms with Crippen molar-refractivity contribution in [2.24, 2.45) is 4.99 Å². The van der Waals surface area contributed by atoms with Gasteiger partial charge in [-0.05, 0) is 38.3 Å². The second-order valence-electron chi connectivity index (χ2n) is 5.47. The molecule has 0 bridgehead atoms. The largest absolute Gasteiger partial charge is 0.494 e. The van der Waals surface area contributed by atoms with Gasteiger partial charge in [-0.15, -0.1) is 0 Å². The van der Waals surface area contributed by atoms with Crippen LogP contribution in [0.1, 0.15) is 37.3 Å². The lowest BCUT2D eigenvalue weighted by Gasteiger charge is -2.15. The predicted octanol–water partition coefficient (Wildman–Crippen LogP) is 3.79. The van der Waals surface area contributed by atoms with E-state index in [9.17, 15) is 13.2 Å². The zero-order chi connectivity index (χ0) is 18.0. The van der Waals surface area contributed by atoms with E-state index >= 15 is 0 Å². The van der Waals surface area contributed by atoms with Crippen molar-refractivity contribution in [1.29, 1.82) is 0 Å². The molecule has 0 spiro atoms. The number of nitrogens with zero attached hydrogens (tertiary/aromatic N) is 1. The van der Waals surface area contributed by atoms with E-state index in [1.54, 1.807) is 7.05 Å². The highest BCUT2D eigenvalue weighted by Crippen LogP contribution is 2.22. The molecular formula is C17H26F3N3O. The number of ether oxygens (including phenoxy) is 1. The number of aryl methyl sites for hydroxylation is 1. The Morgan fingerprint density at radius 2 is 1.96 bits per heavy atom. The molecule has 0 radical (unpaired) electrons. The average Bonchev–Trinajstić information content (AvgIpc) is 2.50. The van der Waals surface area contributed by atoms with Crippen molar-refractivity contribution in [1.82, 2.24) is 10.6 Å². The van der Waals surface area contributed by atoms with Crippen LogP contribution < -0.4 is 15.4 Å². The first-order valence-electron chi connectivity index (χ1n) is 8.09. The predicted molar refractivity (Wildman–Crippen MR) is 90.5 cm³/mol. The van der Waals surface area contributed by atoms with Gasteiger partial charge in [0.05, 0.1) is 6.61 Å². The summed E-state index contributed by atoms with van der Waals surface area (Å²) in [6.45, 7) is 5.49. The van der Waals surface area contributed by atoms with Crippen LogP contribution in [-0.4, -0.2) is 32.3 Å². The molecule has 4 nitrogen and oxygen atoms in total. The Labute approximate surface area is 141 Å². The van der Waals surface area contributed by atoms with E-state index in [1.807, 2.05) is 32.0 Å². The monoisotopic (exact) mass is 345 g/mol. The van der Waals surface area contributed by atoms with E-state index in [0.29, 0.717) is 32.1 Å². The van der Waals surface area contributed by atoms with Crippen molar-refractivity contribution in [2.75, 3.05) is 20.2 Å². The van der Waals surface area contributed by atoms with E-state index in [-0.39, 0.29) is 6.42 Å². The van der Waals surface area contributed by atoms with Gasteiger partial charge in [0.1, 0.15) is 5.75 Å². The number of unbranched alkanes of at least 4 members (excludes halogenated alkanes) is 1. The molecule has 0 aliphatic heterocycles. The summed E-state index contributed by atoms with van der Waals surface area (Å²) in [7, 11) is 1.63. The first kappa shape index (κ1) is 20.1. The van der Waals surface area contributed by atoms with Crippen molar-refractivity contribution in [3.05, 3.63) is 29.3 Å². The molecule has 7 heteroatoms. The van der Waals surface area contributed by atoms with E-state index in [1.165, 1.54) is 0 Å². The number of rotatable bonds is 8. The SMILES string of the molecule is CCOc1cc(C)ccc1CNC(=NC)NCCCCC(F)(F)F. The maximum Gasteiger partial charge on any atom is 0.389 e. The lowest BCUT2D eigenvalue weighted by Crippen LogP contribution is -2.37. The number of hydrogen-bond acceptors (Lipinski definition) is 2. The zero-order valence-corrected chi connectivity index (χ0v) is 14.5. The van der Waals surface area contributed by atoms with Crippen LogP contribution in [0, 0.1) is 6.92 Å². The summed E-state index contributed by atoms with van der Waals surface area (Å²) in [4.78, 5) is 4.07. The summed E-state index contributed by atoms with van der Waals surface area (Å²) < 4.78 is 41.9. The quantitative estimate of drug-likeness (QED) is 0.428. The Bertz CT molecular complexity index is 530. The summed E-state index contributed by atoms with van der Waals surface area (Å²) in [5.74, 6) is 1.38. The second-order valence-corrected chi connectivity index (χ2v) is 5.47. The molecule has 0 unspecified atom stereocenters. The summed E-state index contributed by atoms with van der Waals surface area (Å²) in [6.07, 6.45) is -4.28. The van der Waals surface area contributed by atoms with Crippen LogP contribution in [0.15, 0.2) is 23.2 Å². The normalized spacial score (nSPS) is 12.2. The molecule has 1 aromatic rings. The highest BCUT2D eigenvalue weighted by molar-refractivity contribution is 5.79. The molecule has 136 valence electrons. The van der Waals surface area contributed by atoms with Crippen molar-refractivity contribution in [3.63, 3.8) is 0 Å². The van der Waals surface area contributed by atoms with E-state index in [4.69, 9.17) is 4.74 Å². The van der Waals surface area contributed by atoms with Gasteiger partial charge in [-0.2, -0.15) is 13.2 Å². The van der Waals surface area contributed by atoms with Gasteiger partial charge in [0.25, 0.3) is 0 Å². The molecule has 0 amide bonds. The van der Waals surface area contributed by atoms with Gasteiger partial charge in [0, 0.05) is 32.1 Å². The summed E-state index contributed by atoms with van der Waals surface area (Å²) in [5, 5.41) is 6.17. The zero-order valence-electron chi connectivity index (χ0n) is 14.5. The maximum atomic E-state index is 12.1. The molecule has 0 aliphatic rings. The third kappa shape index (κ3) is 8.08. The van der Waals surface area contributed by atoms with Crippen molar-refractivity contribution in [3.8, 4) is 5.75 Å². The van der Waals surface area contributed by atoms with Crippen LogP contribution in [-0.2, 0) is 6.54 Å². The number of guanidine groups is 1. The molecule has 0 saturated heterocycles. The van der Waals surface area contributed by atoms with Crippen LogP contribution >= 0.6 is 0 Å². The Hall–Kier alpha value is -1.92. The van der Waals surface area contributed by atoms with Crippen LogP contribution in [0.25, 0.3) is 0 Å². The highest BCUT2D eigenvalue weighted by atomic mass is 19.4. The highest BCUT2D eigenvalue weighted by Gasteiger charge is 2.25. The fourth-order valence-corrected chi connectivity index (χ4v) is 2.15. The first-order valence-corrected chi connectivity index (χ1v) is 8.09. The van der Waals surface area contributed by atoms with E-state index in [0.717, 1.165) is 16.9 Å². The van der Waals surface area contributed by atoms with Gasteiger partial charge < -0.3 is 15.4 Å². The number of alkyl halides is 3. The molecule has 0 atom stereocenters. The Morgan fingerprint density at radius 1 is 1.21 bits per heavy atom. The minimum atomic E-state index is -4.08. The minimum absolute atomic E-state index is 0.111. The third-order valence-corrected chi connectivity index (χ3v) is 3.37. The van der Waals surface area contributed by atoms with Crippen LogP contribution in [0.2, 0.25) is 0 Å². The standard InChI is InChI=1S/C17H26F3N3O/c1-4-24-15-11-13(2)7-8-14(15)12-23-16(21-3)22-10-6-5-9-17(18,19)20/h7-8,11H,4-6,9-10,12H2,1-3H3,(H2,21,22,23). The molecule has 1 rings (SSSR count). The lowest BCUT2D eigenvalue weighted by atomic mass is 10.1.